The van der Waals surface area contributed by atoms with Gasteiger partial charge in [-0.3, -0.25) is 4.79 Å². The number of ether oxygens (including phenoxy) is 1. The normalized spacial score (nSPS) is 20.2. The van der Waals surface area contributed by atoms with Crippen LogP contribution in [0.25, 0.3) is 0 Å². The number of fused-ring (bicyclic) bond motifs is 1. The molecule has 3 rings (SSSR count). The van der Waals surface area contributed by atoms with Crippen LogP contribution in [-0.2, 0) is 14.4 Å². The van der Waals surface area contributed by atoms with Crippen LogP contribution in [0.4, 0.5) is 5.69 Å². The number of rotatable bonds is 3. The largest absolute Gasteiger partial charge is 0.480 e. The summed E-state index contributed by atoms with van der Waals surface area (Å²) >= 11 is 0. The topological polar surface area (TPSA) is 87.2 Å². The van der Waals surface area contributed by atoms with Crippen molar-refractivity contribution < 1.29 is 24.2 Å². The molecule has 2 aliphatic rings. The maximum absolute atomic E-state index is 12.5. The summed E-state index contributed by atoms with van der Waals surface area (Å²) in [5, 5.41) is 9.19. The van der Waals surface area contributed by atoms with Crippen LogP contribution < -0.4 is 9.64 Å². The van der Waals surface area contributed by atoms with Crippen molar-refractivity contribution in [1.29, 1.82) is 0 Å². The molecule has 1 aromatic rings. The quantitative estimate of drug-likeness (QED) is 0.655. The standard InChI is InChI=1S/C16H18N2O5/c1-10-4-5-11-13(7-10)23-15(20)9-17(11)8-14(19)18-6-2-3-12(18)16(21)22/h4-5,7,12H,2-3,6,8-9H2,1H3,(H,21,22). The molecule has 1 amide bonds. The Kier molecular flexibility index (Phi) is 3.94. The third kappa shape index (κ3) is 2.99. The summed E-state index contributed by atoms with van der Waals surface area (Å²) < 4.78 is 5.21. The molecule has 0 spiro atoms. The van der Waals surface area contributed by atoms with Gasteiger partial charge >= 0.3 is 11.9 Å². The number of benzene rings is 1. The van der Waals surface area contributed by atoms with Gasteiger partial charge in [0.25, 0.3) is 0 Å². The summed E-state index contributed by atoms with van der Waals surface area (Å²) in [5.41, 5.74) is 1.63. The molecule has 7 heteroatoms. The van der Waals surface area contributed by atoms with Crippen LogP contribution in [0.3, 0.4) is 0 Å². The van der Waals surface area contributed by atoms with E-state index >= 15 is 0 Å². The number of carboxylic acid groups (broad SMARTS) is 1. The van der Waals surface area contributed by atoms with Gasteiger partial charge in [-0.15, -0.1) is 0 Å². The number of amides is 1. The van der Waals surface area contributed by atoms with E-state index in [0.29, 0.717) is 30.8 Å². The van der Waals surface area contributed by atoms with Crippen molar-refractivity contribution in [2.45, 2.75) is 25.8 Å². The first kappa shape index (κ1) is 15.3. The Balaban J connectivity index is 1.79. The number of aliphatic carboxylic acids is 1. The molecular weight excluding hydrogens is 300 g/mol. The predicted octanol–water partition coefficient (Wildman–Crippen LogP) is 0.796. The maximum Gasteiger partial charge on any atom is 0.331 e. The Morgan fingerprint density at radius 3 is 2.91 bits per heavy atom. The molecule has 122 valence electrons. The van der Waals surface area contributed by atoms with Crippen LogP contribution >= 0.6 is 0 Å². The van der Waals surface area contributed by atoms with Crippen LogP contribution in [-0.4, -0.2) is 53.5 Å². The van der Waals surface area contributed by atoms with E-state index in [-0.39, 0.29) is 19.0 Å². The Bertz CT molecular complexity index is 672. The zero-order valence-electron chi connectivity index (χ0n) is 12.8. The zero-order valence-corrected chi connectivity index (χ0v) is 12.8. The van der Waals surface area contributed by atoms with Crippen LogP contribution in [0.1, 0.15) is 18.4 Å². The van der Waals surface area contributed by atoms with Crippen molar-refractivity contribution >= 4 is 23.5 Å². The fraction of sp³-hybridized carbons (Fsp3) is 0.438. The van der Waals surface area contributed by atoms with E-state index in [1.807, 2.05) is 19.1 Å². The molecule has 1 fully saturated rings. The predicted molar refractivity (Wildman–Crippen MR) is 81.4 cm³/mol. The van der Waals surface area contributed by atoms with E-state index in [4.69, 9.17) is 4.74 Å². The zero-order chi connectivity index (χ0) is 16.6. The molecule has 0 aromatic heterocycles. The van der Waals surface area contributed by atoms with Gasteiger partial charge < -0.3 is 19.6 Å². The SMILES string of the molecule is Cc1ccc2c(c1)OC(=O)CN2CC(=O)N1CCCC1C(=O)O. The van der Waals surface area contributed by atoms with E-state index in [1.165, 1.54) is 4.90 Å². The molecule has 0 radical (unpaired) electrons. The number of esters is 1. The number of carbonyl (C=O) groups excluding carboxylic acids is 2. The van der Waals surface area contributed by atoms with E-state index < -0.39 is 18.0 Å². The van der Waals surface area contributed by atoms with Gasteiger partial charge in [0.2, 0.25) is 5.91 Å². The smallest absolute Gasteiger partial charge is 0.331 e. The first-order valence-corrected chi connectivity index (χ1v) is 7.54. The number of nitrogens with zero attached hydrogens (tertiary/aromatic N) is 2. The summed E-state index contributed by atoms with van der Waals surface area (Å²) in [4.78, 5) is 38.5. The highest BCUT2D eigenvalue weighted by Gasteiger charge is 2.35. The lowest BCUT2D eigenvalue weighted by Gasteiger charge is -2.31. The molecule has 2 aliphatic heterocycles. The molecule has 2 heterocycles. The molecule has 0 saturated carbocycles. The summed E-state index contributed by atoms with van der Waals surface area (Å²) in [5.74, 6) is -1.25. The minimum atomic E-state index is -0.982. The Morgan fingerprint density at radius 2 is 2.17 bits per heavy atom. The van der Waals surface area contributed by atoms with Gasteiger partial charge in [0, 0.05) is 6.54 Å². The third-order valence-corrected chi connectivity index (χ3v) is 4.18. The van der Waals surface area contributed by atoms with Crippen molar-refractivity contribution in [2.24, 2.45) is 0 Å². The third-order valence-electron chi connectivity index (χ3n) is 4.18. The number of aryl methyl sites for hydroxylation is 1. The number of likely N-dealkylation sites (tertiary alicyclic amines) is 1. The van der Waals surface area contributed by atoms with Gasteiger partial charge in [-0.25, -0.2) is 9.59 Å². The van der Waals surface area contributed by atoms with Gasteiger partial charge in [0.15, 0.2) is 5.75 Å². The average molecular weight is 318 g/mol. The number of anilines is 1. The number of carbonyl (C=O) groups is 3. The van der Waals surface area contributed by atoms with Crippen molar-refractivity contribution in [1.82, 2.24) is 4.90 Å². The van der Waals surface area contributed by atoms with Crippen molar-refractivity contribution in [3.8, 4) is 5.75 Å². The van der Waals surface area contributed by atoms with Gasteiger partial charge in [0.1, 0.15) is 12.6 Å². The first-order chi connectivity index (χ1) is 11.0. The number of carboxylic acids is 1. The maximum atomic E-state index is 12.5. The molecular formula is C16H18N2O5. The van der Waals surface area contributed by atoms with Gasteiger partial charge in [0.05, 0.1) is 12.2 Å². The van der Waals surface area contributed by atoms with E-state index in [1.54, 1.807) is 11.0 Å². The van der Waals surface area contributed by atoms with Crippen LogP contribution in [0.15, 0.2) is 18.2 Å². The summed E-state index contributed by atoms with van der Waals surface area (Å²) in [7, 11) is 0. The fourth-order valence-corrected chi connectivity index (χ4v) is 3.08. The van der Waals surface area contributed by atoms with Gasteiger partial charge in [-0.05, 0) is 37.5 Å². The molecule has 0 bridgehead atoms. The highest BCUT2D eigenvalue weighted by atomic mass is 16.5. The molecule has 1 atom stereocenters. The van der Waals surface area contributed by atoms with Crippen LogP contribution in [0.2, 0.25) is 0 Å². The summed E-state index contributed by atoms with van der Waals surface area (Å²) in [6.07, 6.45) is 1.15. The molecule has 1 saturated heterocycles. The molecule has 1 unspecified atom stereocenters. The first-order valence-electron chi connectivity index (χ1n) is 7.54. The van der Waals surface area contributed by atoms with Gasteiger partial charge in [-0.1, -0.05) is 6.07 Å². The summed E-state index contributed by atoms with van der Waals surface area (Å²) in [6, 6.07) is 4.67. The van der Waals surface area contributed by atoms with Crippen molar-refractivity contribution in [3.05, 3.63) is 23.8 Å². The Labute approximate surface area is 133 Å². The fourth-order valence-electron chi connectivity index (χ4n) is 3.08. The van der Waals surface area contributed by atoms with Gasteiger partial charge in [-0.2, -0.15) is 0 Å². The molecule has 7 nitrogen and oxygen atoms in total. The Hall–Kier alpha value is -2.57. The molecule has 1 aromatic carbocycles. The Morgan fingerprint density at radius 1 is 1.39 bits per heavy atom. The number of hydrogen-bond donors (Lipinski definition) is 1. The lowest BCUT2D eigenvalue weighted by molar-refractivity contribution is -0.147. The molecule has 0 aliphatic carbocycles. The van der Waals surface area contributed by atoms with Crippen molar-refractivity contribution in [2.75, 3.05) is 24.5 Å². The average Bonchev–Trinajstić information content (AvgIpc) is 2.96. The highest BCUT2D eigenvalue weighted by Crippen LogP contribution is 2.33. The minimum absolute atomic E-state index is 0.0205. The second kappa shape index (κ2) is 5.91. The minimum Gasteiger partial charge on any atom is -0.480 e. The van der Waals surface area contributed by atoms with E-state index in [0.717, 1.165) is 5.56 Å². The molecule has 23 heavy (non-hydrogen) atoms. The van der Waals surface area contributed by atoms with E-state index in [9.17, 15) is 19.5 Å². The molecule has 1 N–H and O–H groups in total. The lowest BCUT2D eigenvalue weighted by atomic mass is 10.1. The second-order valence-corrected chi connectivity index (χ2v) is 5.88. The number of hydrogen-bond acceptors (Lipinski definition) is 5. The van der Waals surface area contributed by atoms with E-state index in [2.05, 4.69) is 0 Å². The van der Waals surface area contributed by atoms with Crippen LogP contribution in [0, 0.1) is 6.92 Å². The van der Waals surface area contributed by atoms with Crippen LogP contribution in [0.5, 0.6) is 5.75 Å². The second-order valence-electron chi connectivity index (χ2n) is 5.88. The lowest BCUT2D eigenvalue weighted by Crippen LogP contribution is -2.48. The summed E-state index contributed by atoms with van der Waals surface area (Å²) in [6.45, 7) is 2.27. The monoisotopic (exact) mass is 318 g/mol. The van der Waals surface area contributed by atoms with Crippen molar-refractivity contribution in [3.63, 3.8) is 0 Å². The highest BCUT2D eigenvalue weighted by molar-refractivity contribution is 5.91.